The molecule has 188 valence electrons. The van der Waals surface area contributed by atoms with E-state index >= 15 is 0 Å². The number of aromatic nitrogens is 2. The topological polar surface area (TPSA) is 151 Å². The van der Waals surface area contributed by atoms with E-state index < -0.39 is 20.8 Å². The number of hydrogen-bond acceptors (Lipinski definition) is 10. The zero-order valence-electron chi connectivity index (χ0n) is 21.5. The Bertz CT molecular complexity index is 1840. The van der Waals surface area contributed by atoms with Gasteiger partial charge in [0.1, 0.15) is 10.1 Å². The van der Waals surface area contributed by atoms with Crippen molar-refractivity contribution in [1.82, 2.24) is 9.97 Å². The standard InChI is InChI=1S/C26H19N2O5S2.2Na.O2/c1-15-25(34(29)30)21(17-9-5-3-6-10-17)19-13-14-20-22(18-11-7-4-8-12-18)26(35(31,32)33)16(2)28-24(20)23(19)27-15;;;1-2/h3-14H,1-2H3,(H,31,32,33);;;/q-1;2*+1;/p-1. The summed E-state index contributed by atoms with van der Waals surface area (Å²) in [5, 5.41) is 0.989. The molecule has 9 nitrogen and oxygen atoms in total. The van der Waals surface area contributed by atoms with Gasteiger partial charge >= 0.3 is 59.1 Å². The molecular weight excluding hydrogens is 562 g/mol. The third-order valence-electron chi connectivity index (χ3n) is 5.90. The summed E-state index contributed by atoms with van der Waals surface area (Å²) in [7, 11) is -7.40. The number of nitrogens with zero attached hydrogens (tertiary/aromatic N) is 2. The second-order valence-electron chi connectivity index (χ2n) is 8.08. The van der Waals surface area contributed by atoms with Crippen molar-refractivity contribution in [3.8, 4) is 22.3 Å². The van der Waals surface area contributed by atoms with Crippen LogP contribution in [0.3, 0.4) is 0 Å². The Balaban J connectivity index is 0.00000130. The molecule has 5 aromatic rings. The van der Waals surface area contributed by atoms with Gasteiger partial charge in [0.05, 0.1) is 21.6 Å². The fourth-order valence-electron chi connectivity index (χ4n) is 4.55. The van der Waals surface area contributed by atoms with Crippen LogP contribution >= 0.6 is 0 Å². The smallest absolute Gasteiger partial charge is 0.744 e. The van der Waals surface area contributed by atoms with Crippen LogP contribution in [0.15, 0.2) is 82.6 Å². The predicted molar refractivity (Wildman–Crippen MR) is 139 cm³/mol. The van der Waals surface area contributed by atoms with Gasteiger partial charge in [-0.3, -0.25) is 4.98 Å². The normalized spacial score (nSPS) is 10.9. The molecule has 0 saturated heterocycles. The minimum absolute atomic E-state index is 0. The molecule has 0 unspecified atom stereocenters. The van der Waals surface area contributed by atoms with Crippen LogP contribution < -0.4 is 59.1 Å². The van der Waals surface area contributed by atoms with E-state index in [9.17, 15) is 21.4 Å². The molecule has 0 aliphatic carbocycles. The Morgan fingerprint density at radius 2 is 1.08 bits per heavy atom. The fourth-order valence-corrected chi connectivity index (χ4v) is 6.11. The minimum atomic E-state index is -4.85. The van der Waals surface area contributed by atoms with Gasteiger partial charge in [-0.2, -0.15) is 0 Å². The van der Waals surface area contributed by atoms with Crippen LogP contribution in [0.25, 0.3) is 44.1 Å². The van der Waals surface area contributed by atoms with Crippen molar-refractivity contribution < 1.29 is 80.5 Å². The van der Waals surface area contributed by atoms with Crippen LogP contribution in [0.1, 0.15) is 11.4 Å². The molecule has 0 atom stereocenters. The minimum Gasteiger partial charge on any atom is -0.744 e. The second-order valence-corrected chi connectivity index (χ2v) is 10.3. The van der Waals surface area contributed by atoms with Gasteiger partial charge in [0, 0.05) is 32.0 Å². The van der Waals surface area contributed by atoms with E-state index in [0.29, 0.717) is 44.2 Å². The van der Waals surface area contributed by atoms with Crippen LogP contribution in [-0.2, 0) is 29.2 Å². The van der Waals surface area contributed by atoms with Gasteiger partial charge in [0.2, 0.25) is 0 Å². The zero-order valence-corrected chi connectivity index (χ0v) is 27.1. The number of fused-ring (bicyclic) bond motifs is 3. The monoisotopic (exact) mass is 580 g/mol. The van der Waals surface area contributed by atoms with Crippen LogP contribution in [0, 0.1) is 23.8 Å². The summed E-state index contributed by atoms with van der Waals surface area (Å²) >= 11 is 0. The zero-order chi connectivity index (χ0) is 26.9. The largest absolute Gasteiger partial charge is 1.00 e. The summed E-state index contributed by atoms with van der Waals surface area (Å²) in [4.78, 5) is 22.8. The van der Waals surface area contributed by atoms with Gasteiger partial charge < -0.3 is 13.0 Å². The Morgan fingerprint density at radius 3 is 1.51 bits per heavy atom. The summed E-state index contributed by atoms with van der Waals surface area (Å²) in [5.74, 6) is 0. The van der Waals surface area contributed by atoms with E-state index in [2.05, 4.69) is 9.97 Å². The quantitative estimate of drug-likeness (QED) is 0.117. The average molecular weight is 581 g/mol. The molecule has 2 heterocycles. The predicted octanol–water partition coefficient (Wildman–Crippen LogP) is -0.619. The number of hydrogen-bond donors (Lipinski definition) is 0. The number of rotatable bonds is 4. The number of benzene rings is 3. The molecule has 0 aliphatic rings. The van der Waals surface area contributed by atoms with E-state index in [4.69, 9.17) is 9.93 Å². The van der Waals surface area contributed by atoms with Crippen molar-refractivity contribution in [2.24, 2.45) is 0 Å². The van der Waals surface area contributed by atoms with E-state index in [1.807, 2.05) is 30.3 Å². The first-order chi connectivity index (χ1) is 17.7. The van der Waals surface area contributed by atoms with E-state index in [-0.39, 0.29) is 80.2 Å². The summed E-state index contributed by atoms with van der Waals surface area (Å²) < 4.78 is 61.3. The van der Waals surface area contributed by atoms with Gasteiger partial charge in [-0.05, 0) is 41.2 Å². The van der Waals surface area contributed by atoms with Gasteiger partial charge in [-0.15, -0.1) is 0 Å². The van der Waals surface area contributed by atoms with Crippen LogP contribution in [0.2, 0.25) is 0 Å². The van der Waals surface area contributed by atoms with Gasteiger partial charge in [0.15, 0.2) is 0 Å². The Hall–Kier alpha value is -2.06. The molecular formula is C26H18N2Na2O7S2. The molecule has 0 saturated carbocycles. The van der Waals surface area contributed by atoms with Crippen LogP contribution in [0.5, 0.6) is 0 Å². The molecule has 0 aliphatic heterocycles. The third-order valence-corrected chi connectivity index (χ3v) is 7.73. The molecule has 13 heteroatoms. The maximum absolute atomic E-state index is 12.3. The van der Waals surface area contributed by atoms with Crippen molar-refractivity contribution in [3.63, 3.8) is 0 Å². The Labute approximate surface area is 270 Å². The maximum atomic E-state index is 12.3. The molecule has 3 aromatic carbocycles. The van der Waals surface area contributed by atoms with Crippen molar-refractivity contribution in [2.45, 2.75) is 23.6 Å². The third kappa shape index (κ3) is 6.32. The first kappa shape index (κ1) is 33.1. The molecule has 0 fully saturated rings. The molecule has 0 N–H and O–H groups in total. The van der Waals surface area contributed by atoms with Gasteiger partial charge in [0.25, 0.3) is 0 Å². The first-order valence-corrected chi connectivity index (χ1v) is 13.3. The Kier molecular flexibility index (Phi) is 11.5. The maximum Gasteiger partial charge on any atom is 1.00 e. The first-order valence-electron chi connectivity index (χ1n) is 10.8. The van der Waals surface area contributed by atoms with Crippen molar-refractivity contribution >= 4 is 42.6 Å². The summed E-state index contributed by atoms with van der Waals surface area (Å²) in [5.41, 5.74) is 3.13. The number of aryl methyl sites for hydroxylation is 2. The van der Waals surface area contributed by atoms with Crippen LogP contribution in [0.4, 0.5) is 0 Å². The average Bonchev–Trinajstić information content (AvgIpc) is 2.88. The van der Waals surface area contributed by atoms with Crippen molar-refractivity contribution in [2.75, 3.05) is 0 Å². The van der Waals surface area contributed by atoms with E-state index in [1.165, 1.54) is 6.92 Å². The van der Waals surface area contributed by atoms with E-state index in [1.54, 1.807) is 49.4 Å². The SMILES string of the molecule is Cc1nc2c(ccc3c(-c4ccccc4)c(S(=O)(=O)[O-])c(C)nc32)c(-c2ccccc2)c1[S-](=O)=O.O=O.[Na+].[Na+]. The molecule has 0 spiro atoms. The van der Waals surface area contributed by atoms with Crippen LogP contribution in [-0.4, -0.2) is 22.9 Å². The molecule has 39 heavy (non-hydrogen) atoms. The Morgan fingerprint density at radius 1 is 0.667 bits per heavy atom. The summed E-state index contributed by atoms with van der Waals surface area (Å²) in [6.45, 7) is 3.08. The summed E-state index contributed by atoms with van der Waals surface area (Å²) in [6.07, 6.45) is 0. The molecule has 5 rings (SSSR count). The molecule has 0 bridgehead atoms. The molecule has 0 radical (unpaired) electrons. The molecule has 0 amide bonds. The second kappa shape index (κ2) is 13.5. The molecule has 2 aromatic heterocycles. The van der Waals surface area contributed by atoms with Crippen molar-refractivity contribution in [3.05, 3.63) is 94.1 Å². The van der Waals surface area contributed by atoms with Crippen molar-refractivity contribution in [1.29, 1.82) is 0 Å². The van der Waals surface area contributed by atoms with Gasteiger partial charge in [-0.1, -0.05) is 77.7 Å². The van der Waals surface area contributed by atoms with E-state index in [0.717, 1.165) is 0 Å². The summed E-state index contributed by atoms with van der Waals surface area (Å²) in [6, 6.07) is 21.2. The number of pyridine rings is 2. The van der Waals surface area contributed by atoms with Gasteiger partial charge in [-0.25, -0.2) is 13.4 Å². The fraction of sp³-hybridized carbons (Fsp3) is 0.0769.